The topological polar surface area (TPSA) is 161 Å². The van der Waals surface area contributed by atoms with Gasteiger partial charge >= 0.3 is 34.1 Å². The number of carbonyl (C=O) groups is 4. The van der Waals surface area contributed by atoms with E-state index < -0.39 is 23.9 Å². The molecule has 0 fully saturated rings. The molecular weight excluding hydrogens is 287 g/mol. The van der Waals surface area contributed by atoms with E-state index in [-0.39, 0.29) is 34.1 Å². The zero-order valence-electron chi connectivity index (χ0n) is 6.00. The molecule has 0 aromatic carbocycles. The Balaban J connectivity index is -0.0000000625. The summed E-state index contributed by atoms with van der Waals surface area (Å²) >= 11 is 0. The number of hydrogen-bond donors (Lipinski definition) is 0. The van der Waals surface area contributed by atoms with Crippen molar-refractivity contribution in [3.05, 3.63) is 0 Å². The Labute approximate surface area is 97.9 Å². The fourth-order valence-electron chi connectivity index (χ4n) is 0. The molecule has 0 heterocycles. The van der Waals surface area contributed by atoms with Crippen molar-refractivity contribution in [1.82, 2.24) is 0 Å². The molecule has 0 atom stereocenters. The van der Waals surface area contributed by atoms with Crippen molar-refractivity contribution in [3.63, 3.8) is 0 Å². The number of carboxylic acid groups (broad SMARTS) is 4. The predicted molar refractivity (Wildman–Crippen MR) is 20.0 cm³/mol. The fourth-order valence-corrected chi connectivity index (χ4v) is 0. The molecule has 0 aromatic heterocycles. The van der Waals surface area contributed by atoms with Gasteiger partial charge in [0.1, 0.15) is 0 Å². The van der Waals surface area contributed by atoms with Crippen molar-refractivity contribution in [1.29, 1.82) is 0 Å². The molecule has 0 N–H and O–H groups in total. The van der Waals surface area contributed by atoms with E-state index in [9.17, 15) is 0 Å². The van der Waals surface area contributed by atoms with Gasteiger partial charge in [-0.1, -0.05) is 0 Å². The monoisotopic (exact) mass is 287 g/mol. The van der Waals surface area contributed by atoms with Crippen LogP contribution >= 0.6 is 0 Å². The van der Waals surface area contributed by atoms with Gasteiger partial charge in [0.25, 0.3) is 0 Å². The summed E-state index contributed by atoms with van der Waals surface area (Å²) in [7, 11) is 0. The fraction of sp³-hybridized carbons (Fsp3) is 0. The number of carbonyl (C=O) groups excluding carboxylic acids is 4. The van der Waals surface area contributed by atoms with Crippen LogP contribution in [0, 0.1) is 0 Å². The summed E-state index contributed by atoms with van der Waals surface area (Å²) in [5.41, 5.74) is 0. The average molecular weight is 287 g/mol. The second kappa shape index (κ2) is 11.9. The SMILES string of the molecule is O=C([O-])C(=O)[O-].O=C([O-])C(=O)[O-].[Fe+2].[Mn+2]. The van der Waals surface area contributed by atoms with Gasteiger partial charge in [0.05, 0.1) is 23.9 Å². The molecule has 0 aromatic rings. The van der Waals surface area contributed by atoms with Crippen LogP contribution in [0.4, 0.5) is 0 Å². The molecule has 8 nitrogen and oxygen atoms in total. The Bertz CT molecular complexity index is 177. The molecule has 1 radical (unpaired) electrons. The Morgan fingerprint density at radius 1 is 0.571 bits per heavy atom. The zero-order chi connectivity index (χ0) is 10.3. The first-order chi connectivity index (χ1) is 5.29. The first-order valence-corrected chi connectivity index (χ1v) is 2.13. The maximum absolute atomic E-state index is 8.93. The number of hydrogen-bond acceptors (Lipinski definition) is 8. The maximum Gasteiger partial charge on any atom is 2.00 e. The Kier molecular flexibility index (Phi) is 19.6. The van der Waals surface area contributed by atoms with Crippen molar-refractivity contribution in [2.45, 2.75) is 0 Å². The van der Waals surface area contributed by atoms with E-state index in [1.54, 1.807) is 0 Å². The molecule has 0 aliphatic heterocycles. The van der Waals surface area contributed by atoms with Crippen LogP contribution < -0.4 is 20.4 Å². The number of rotatable bonds is 0. The van der Waals surface area contributed by atoms with Gasteiger partial charge < -0.3 is 39.6 Å². The largest absolute Gasteiger partial charge is 2.00 e. The molecule has 0 saturated carbocycles. The van der Waals surface area contributed by atoms with Gasteiger partial charge in [0, 0.05) is 0 Å². The van der Waals surface area contributed by atoms with Crippen LogP contribution in [0.3, 0.4) is 0 Å². The van der Waals surface area contributed by atoms with Crippen molar-refractivity contribution in [2.24, 2.45) is 0 Å². The number of aliphatic carboxylic acids is 4. The molecular formula is C4FeMnO8. The first-order valence-electron chi connectivity index (χ1n) is 2.13. The van der Waals surface area contributed by atoms with Crippen LogP contribution in [0.5, 0.6) is 0 Å². The van der Waals surface area contributed by atoms with E-state index in [1.165, 1.54) is 0 Å². The maximum atomic E-state index is 8.93. The normalized spacial score (nSPS) is 6.29. The van der Waals surface area contributed by atoms with Crippen LogP contribution in [0.2, 0.25) is 0 Å². The van der Waals surface area contributed by atoms with Crippen LogP contribution in [-0.2, 0) is 53.3 Å². The summed E-state index contributed by atoms with van der Waals surface area (Å²) in [5, 5.41) is 35.7. The van der Waals surface area contributed by atoms with Crippen molar-refractivity contribution in [2.75, 3.05) is 0 Å². The van der Waals surface area contributed by atoms with Gasteiger partial charge in [-0.25, -0.2) is 0 Å². The summed E-state index contributed by atoms with van der Waals surface area (Å²) in [4.78, 5) is 35.7. The van der Waals surface area contributed by atoms with Gasteiger partial charge in [0.2, 0.25) is 0 Å². The third-order valence-electron chi connectivity index (χ3n) is 0.333. The van der Waals surface area contributed by atoms with E-state index in [4.69, 9.17) is 39.6 Å². The molecule has 0 saturated heterocycles. The van der Waals surface area contributed by atoms with E-state index in [0.29, 0.717) is 0 Å². The molecule has 10 heteroatoms. The standard InChI is InChI=1S/2C2H2O4.Fe.Mn/c2*3-1(4)2(5)6;;/h2*(H,3,4)(H,5,6);;/q;;2*+2/p-4. The smallest absolute Gasteiger partial charge is 0.543 e. The molecule has 0 amide bonds. The summed E-state index contributed by atoms with van der Waals surface area (Å²) in [5.74, 6) is -8.74. The van der Waals surface area contributed by atoms with Crippen molar-refractivity contribution in [3.8, 4) is 0 Å². The first kappa shape index (κ1) is 23.1. The van der Waals surface area contributed by atoms with Gasteiger partial charge in [-0.2, -0.15) is 0 Å². The second-order valence-electron chi connectivity index (χ2n) is 1.15. The minimum absolute atomic E-state index is 0. The Hall–Kier alpha value is -1.08. The average Bonchev–Trinajstić information content (AvgIpc) is 1.88. The van der Waals surface area contributed by atoms with Gasteiger partial charge in [-0.05, 0) is 0 Å². The third-order valence-corrected chi connectivity index (χ3v) is 0.333. The van der Waals surface area contributed by atoms with Crippen LogP contribution in [0.15, 0.2) is 0 Å². The van der Waals surface area contributed by atoms with Gasteiger partial charge in [0.15, 0.2) is 0 Å². The Morgan fingerprint density at radius 2 is 0.643 bits per heavy atom. The van der Waals surface area contributed by atoms with Crippen molar-refractivity contribution >= 4 is 23.9 Å². The molecule has 0 bridgehead atoms. The third kappa shape index (κ3) is 22.4. The van der Waals surface area contributed by atoms with E-state index in [1.807, 2.05) is 0 Å². The molecule has 0 spiro atoms. The van der Waals surface area contributed by atoms with Crippen LogP contribution in [0.1, 0.15) is 0 Å². The van der Waals surface area contributed by atoms with E-state index >= 15 is 0 Å². The molecule has 0 aliphatic rings. The molecule has 14 heavy (non-hydrogen) atoms. The van der Waals surface area contributed by atoms with Gasteiger partial charge in [-0.3, -0.25) is 0 Å². The van der Waals surface area contributed by atoms with Crippen LogP contribution in [0.25, 0.3) is 0 Å². The summed E-state index contributed by atoms with van der Waals surface area (Å²) in [6, 6.07) is 0. The van der Waals surface area contributed by atoms with Crippen LogP contribution in [-0.4, -0.2) is 23.9 Å². The summed E-state index contributed by atoms with van der Waals surface area (Å²) in [6.45, 7) is 0. The molecule has 0 rings (SSSR count). The molecule has 79 valence electrons. The van der Waals surface area contributed by atoms with Gasteiger partial charge in [-0.15, -0.1) is 0 Å². The molecule has 0 unspecified atom stereocenters. The quantitative estimate of drug-likeness (QED) is 0.313. The summed E-state index contributed by atoms with van der Waals surface area (Å²) < 4.78 is 0. The van der Waals surface area contributed by atoms with E-state index in [0.717, 1.165) is 0 Å². The predicted octanol–water partition coefficient (Wildman–Crippen LogP) is -7.03. The zero-order valence-corrected chi connectivity index (χ0v) is 8.28. The van der Waals surface area contributed by atoms with E-state index in [2.05, 4.69) is 0 Å². The second-order valence-corrected chi connectivity index (χ2v) is 1.15. The summed E-state index contributed by atoms with van der Waals surface area (Å²) in [6.07, 6.45) is 0. The number of carboxylic acids is 4. The van der Waals surface area contributed by atoms with Crippen molar-refractivity contribution < 1.29 is 73.7 Å². The molecule has 0 aliphatic carbocycles. The minimum Gasteiger partial charge on any atom is -0.543 e. The Morgan fingerprint density at radius 3 is 0.643 bits per heavy atom. The minimum atomic E-state index is -2.19.